The number of hydrogen-bond donors (Lipinski definition) is 1. The molecule has 3 saturated heterocycles. The number of nitrogens with one attached hydrogen (secondary N) is 1. The van der Waals surface area contributed by atoms with E-state index >= 15 is 0 Å². The second-order valence-corrected chi connectivity index (χ2v) is 9.81. The van der Waals surface area contributed by atoms with Crippen LogP contribution >= 0.6 is 0 Å². The Bertz CT molecular complexity index is 1310. The molecule has 2 aromatic carbocycles. The first-order valence-electron chi connectivity index (χ1n) is 11.7. The van der Waals surface area contributed by atoms with E-state index in [1.54, 1.807) is 23.1 Å². The molecule has 35 heavy (non-hydrogen) atoms. The number of hydrogen-bond acceptors (Lipinski definition) is 6. The molecule has 1 aliphatic carbocycles. The van der Waals surface area contributed by atoms with Crippen LogP contribution in [-0.2, 0) is 16.1 Å². The number of rotatable bonds is 6. The maximum Gasteiger partial charge on any atom is 0.255 e. The highest BCUT2D eigenvalue weighted by Crippen LogP contribution is 2.48. The number of halogens is 1. The fraction of sp³-hybridized carbons (Fsp3) is 0.385. The van der Waals surface area contributed by atoms with Crippen molar-refractivity contribution in [1.82, 2.24) is 15.1 Å². The number of fused-ring (bicyclic) bond motifs is 3. The van der Waals surface area contributed by atoms with Crippen LogP contribution in [0.1, 0.15) is 45.8 Å². The molecule has 4 aliphatic heterocycles. The average Bonchev–Trinajstić information content (AvgIpc) is 3.10. The summed E-state index contributed by atoms with van der Waals surface area (Å²) in [6, 6.07) is 11.8. The van der Waals surface area contributed by atoms with E-state index in [-0.39, 0.29) is 29.6 Å². The Morgan fingerprint density at radius 1 is 1.11 bits per heavy atom. The van der Waals surface area contributed by atoms with Crippen LogP contribution in [0.25, 0.3) is 0 Å². The molecule has 9 heteroatoms. The number of likely N-dealkylation sites (tertiary alicyclic amines) is 1. The first kappa shape index (κ1) is 21.7. The molecule has 5 aliphatic rings. The van der Waals surface area contributed by atoms with Crippen molar-refractivity contribution in [1.29, 1.82) is 5.26 Å². The number of nitriles is 1. The van der Waals surface area contributed by atoms with E-state index in [2.05, 4.69) is 16.3 Å². The predicted octanol–water partition coefficient (Wildman–Crippen LogP) is 1.94. The summed E-state index contributed by atoms with van der Waals surface area (Å²) < 4.78 is 19.3. The Hall–Kier alpha value is -3.77. The lowest BCUT2D eigenvalue weighted by Gasteiger charge is -2.53. The Kier molecular flexibility index (Phi) is 4.90. The number of nitrogens with zero attached hydrogens (tertiary/aromatic N) is 3. The molecule has 1 N–H and O–H groups in total. The zero-order chi connectivity index (χ0) is 24.3. The summed E-state index contributed by atoms with van der Waals surface area (Å²) in [6.45, 7) is 3.07. The molecular weight excluding hydrogens is 451 g/mol. The van der Waals surface area contributed by atoms with Gasteiger partial charge in [0.2, 0.25) is 5.91 Å². The van der Waals surface area contributed by atoms with Crippen LogP contribution in [0.3, 0.4) is 0 Å². The molecule has 8 nitrogen and oxygen atoms in total. The molecule has 0 aromatic heterocycles. The lowest BCUT2D eigenvalue weighted by molar-refractivity contribution is -0.160. The predicted molar refractivity (Wildman–Crippen MR) is 121 cm³/mol. The van der Waals surface area contributed by atoms with Gasteiger partial charge < -0.3 is 9.64 Å². The number of carbonyl (C=O) groups is 3. The van der Waals surface area contributed by atoms with Crippen LogP contribution in [0.2, 0.25) is 0 Å². The normalized spacial score (nSPS) is 25.4. The molecule has 0 atom stereocenters. The fourth-order valence-electron chi connectivity index (χ4n) is 5.76. The van der Waals surface area contributed by atoms with Crippen LogP contribution in [0.15, 0.2) is 36.4 Å². The van der Waals surface area contributed by atoms with Gasteiger partial charge in [-0.15, -0.1) is 0 Å². The zero-order valence-corrected chi connectivity index (χ0v) is 18.9. The number of ether oxygens (including phenoxy) is 1. The van der Waals surface area contributed by atoms with Crippen LogP contribution in [0.5, 0.6) is 5.75 Å². The van der Waals surface area contributed by atoms with Gasteiger partial charge in [-0.1, -0.05) is 6.07 Å². The average molecular weight is 474 g/mol. The van der Waals surface area contributed by atoms with Crippen LogP contribution < -0.4 is 10.1 Å². The highest BCUT2D eigenvalue weighted by atomic mass is 19.1. The van der Waals surface area contributed by atoms with Crippen molar-refractivity contribution in [2.75, 3.05) is 26.2 Å². The van der Waals surface area contributed by atoms with Crippen molar-refractivity contribution in [3.05, 3.63) is 64.5 Å². The Morgan fingerprint density at radius 3 is 2.66 bits per heavy atom. The van der Waals surface area contributed by atoms with Crippen molar-refractivity contribution in [3.8, 4) is 11.8 Å². The summed E-state index contributed by atoms with van der Waals surface area (Å²) in [6.07, 6.45) is 0.788. The maximum atomic E-state index is 13.4. The van der Waals surface area contributed by atoms with E-state index in [1.165, 1.54) is 12.1 Å². The Balaban J connectivity index is 1.04. The third kappa shape index (κ3) is 3.40. The van der Waals surface area contributed by atoms with E-state index in [0.29, 0.717) is 49.4 Å². The molecule has 1 saturated carbocycles. The highest BCUT2D eigenvalue weighted by molar-refractivity contribution is 6.10. The van der Waals surface area contributed by atoms with Gasteiger partial charge >= 0.3 is 0 Å². The van der Waals surface area contributed by atoms with Crippen molar-refractivity contribution in [2.45, 2.75) is 30.8 Å². The third-order valence-corrected chi connectivity index (χ3v) is 7.80. The summed E-state index contributed by atoms with van der Waals surface area (Å²) in [4.78, 5) is 41.1. The van der Waals surface area contributed by atoms with E-state index in [4.69, 9.17) is 4.74 Å². The van der Waals surface area contributed by atoms with Crippen molar-refractivity contribution in [3.63, 3.8) is 0 Å². The van der Waals surface area contributed by atoms with Gasteiger partial charge in [0.1, 0.15) is 23.7 Å². The molecule has 7 rings (SSSR count). The smallest absolute Gasteiger partial charge is 0.255 e. The minimum Gasteiger partial charge on any atom is -0.492 e. The maximum absolute atomic E-state index is 13.4. The zero-order valence-electron chi connectivity index (χ0n) is 18.9. The van der Waals surface area contributed by atoms with Gasteiger partial charge in [0, 0.05) is 43.6 Å². The minimum absolute atomic E-state index is 0.182. The van der Waals surface area contributed by atoms with Gasteiger partial charge in [0.05, 0.1) is 11.6 Å². The Labute approximate surface area is 201 Å². The van der Waals surface area contributed by atoms with Crippen molar-refractivity contribution >= 4 is 17.7 Å². The molecular formula is C26H23FN4O4. The van der Waals surface area contributed by atoms with Crippen LogP contribution in [0, 0.1) is 23.1 Å². The van der Waals surface area contributed by atoms with Gasteiger partial charge in [0.25, 0.3) is 11.8 Å². The molecule has 178 valence electrons. The van der Waals surface area contributed by atoms with Gasteiger partial charge in [-0.3, -0.25) is 24.6 Å². The summed E-state index contributed by atoms with van der Waals surface area (Å²) in [5, 5.41) is 11.6. The van der Waals surface area contributed by atoms with E-state index in [9.17, 15) is 24.0 Å². The molecule has 4 heterocycles. The number of amides is 3. The standard InChI is InChI=1S/C26H23FN4O4/c27-19-1-3-21(15(7-19)11-28)18-12-30(13-18)5-6-35-20-2-4-22-16(8-20)14-31(24(22)33)26-9-17(10-26)23(32)29-25(26)34/h1-4,7-8,17-18H,5-6,9-10,12-14H2,(H,29,32,34). The summed E-state index contributed by atoms with van der Waals surface area (Å²) in [5.74, 6) is -0.528. The lowest BCUT2D eigenvalue weighted by atomic mass is 9.63. The topological polar surface area (TPSA) is 103 Å². The molecule has 4 fully saturated rings. The number of carbonyl (C=O) groups excluding carboxylic acids is 3. The molecule has 0 radical (unpaired) electrons. The summed E-state index contributed by atoms with van der Waals surface area (Å²) >= 11 is 0. The lowest BCUT2D eigenvalue weighted by Crippen LogP contribution is -2.73. The minimum atomic E-state index is -0.917. The molecule has 0 spiro atoms. The van der Waals surface area contributed by atoms with Gasteiger partial charge in [-0.25, -0.2) is 4.39 Å². The quantitative estimate of drug-likeness (QED) is 0.642. The molecule has 3 amide bonds. The van der Waals surface area contributed by atoms with E-state index in [1.807, 2.05) is 6.07 Å². The van der Waals surface area contributed by atoms with Crippen LogP contribution in [-0.4, -0.2) is 59.3 Å². The second-order valence-electron chi connectivity index (χ2n) is 9.81. The largest absolute Gasteiger partial charge is 0.492 e. The van der Waals surface area contributed by atoms with Gasteiger partial charge in [-0.05, 0) is 54.3 Å². The molecule has 0 unspecified atom stereocenters. The fourth-order valence-corrected chi connectivity index (χ4v) is 5.76. The summed E-state index contributed by atoms with van der Waals surface area (Å²) in [7, 11) is 0. The number of piperidine rings is 2. The van der Waals surface area contributed by atoms with Crippen LogP contribution in [0.4, 0.5) is 4.39 Å². The number of imide groups is 1. The van der Waals surface area contributed by atoms with E-state index in [0.717, 1.165) is 24.2 Å². The monoisotopic (exact) mass is 474 g/mol. The number of benzene rings is 2. The summed E-state index contributed by atoms with van der Waals surface area (Å²) in [5.41, 5.74) is 1.74. The SMILES string of the molecule is N#Cc1cc(F)ccc1C1CN(CCOc2ccc3c(c2)CN(C24CC(C2)C(=O)NC4=O)C3=O)C1. The van der Waals surface area contributed by atoms with E-state index < -0.39 is 11.4 Å². The van der Waals surface area contributed by atoms with Gasteiger partial charge in [0.15, 0.2) is 0 Å². The van der Waals surface area contributed by atoms with Crippen molar-refractivity contribution in [2.24, 2.45) is 5.92 Å². The third-order valence-electron chi connectivity index (χ3n) is 7.80. The first-order valence-corrected chi connectivity index (χ1v) is 11.7. The van der Waals surface area contributed by atoms with Crippen molar-refractivity contribution < 1.29 is 23.5 Å². The highest BCUT2D eigenvalue weighted by Gasteiger charge is 2.62. The molecule has 2 aromatic rings. The second kappa shape index (κ2) is 7.89. The Morgan fingerprint density at radius 2 is 1.91 bits per heavy atom. The molecule has 2 bridgehead atoms. The van der Waals surface area contributed by atoms with Gasteiger partial charge in [-0.2, -0.15) is 5.26 Å². The first-order chi connectivity index (χ1) is 16.9.